The van der Waals surface area contributed by atoms with E-state index in [0.29, 0.717) is 34.1 Å². The fourth-order valence-electron chi connectivity index (χ4n) is 3.52. The largest absolute Gasteiger partial charge is 0.494 e. The van der Waals surface area contributed by atoms with Crippen LogP contribution in [-0.2, 0) is 5.75 Å². The highest BCUT2D eigenvalue weighted by Gasteiger charge is 2.26. The summed E-state index contributed by atoms with van der Waals surface area (Å²) in [6.45, 7) is 2.56. The molecule has 166 valence electrons. The summed E-state index contributed by atoms with van der Waals surface area (Å²) in [5.41, 5.74) is 4.46. The highest BCUT2D eigenvalue weighted by atomic mass is 35.5. The standard InChI is InChI=1S/C25H21ClN4O2S/c1-2-31-19-7-5-6-17(14-19)23-27-21-9-4-3-8-20(21)22-24(32-23)28-25(30-29-22)33-15-16-10-12-18(26)13-11-16/h3-14,23,27H,2,15H2,1H3. The average Bonchev–Trinajstić information content (AvgIpc) is 3.01. The van der Waals surface area contributed by atoms with Crippen LogP contribution in [0.25, 0.3) is 11.3 Å². The van der Waals surface area contributed by atoms with Crippen LogP contribution in [0.5, 0.6) is 11.6 Å². The van der Waals surface area contributed by atoms with E-state index in [1.807, 2.05) is 79.7 Å². The van der Waals surface area contributed by atoms with Crippen LogP contribution in [-0.4, -0.2) is 21.8 Å². The zero-order chi connectivity index (χ0) is 22.6. The molecular weight excluding hydrogens is 456 g/mol. The molecule has 1 N–H and O–H groups in total. The van der Waals surface area contributed by atoms with Gasteiger partial charge in [-0.15, -0.1) is 10.2 Å². The monoisotopic (exact) mass is 476 g/mol. The van der Waals surface area contributed by atoms with Gasteiger partial charge in [-0.2, -0.15) is 4.98 Å². The number of nitrogens with one attached hydrogen (secondary N) is 1. The summed E-state index contributed by atoms with van der Waals surface area (Å²) in [5.74, 6) is 1.93. The summed E-state index contributed by atoms with van der Waals surface area (Å²) in [6.07, 6.45) is -0.460. The van der Waals surface area contributed by atoms with Crippen molar-refractivity contribution in [3.63, 3.8) is 0 Å². The normalized spacial score (nSPS) is 14.3. The van der Waals surface area contributed by atoms with E-state index in [2.05, 4.69) is 15.5 Å². The number of hydrogen-bond acceptors (Lipinski definition) is 7. The number of hydrogen-bond donors (Lipinski definition) is 1. The molecule has 2 heterocycles. The molecule has 0 aliphatic carbocycles. The second-order valence-corrected chi connectivity index (χ2v) is 8.74. The van der Waals surface area contributed by atoms with Crippen LogP contribution in [0.2, 0.25) is 5.02 Å². The third-order valence-corrected chi connectivity index (χ3v) is 6.25. The molecule has 0 amide bonds. The fraction of sp³-hybridized carbons (Fsp3) is 0.160. The summed E-state index contributed by atoms with van der Waals surface area (Å²) in [5, 5.41) is 13.6. The quantitative estimate of drug-likeness (QED) is 0.323. The minimum Gasteiger partial charge on any atom is -0.494 e. The van der Waals surface area contributed by atoms with Gasteiger partial charge in [-0.3, -0.25) is 0 Å². The molecule has 1 atom stereocenters. The van der Waals surface area contributed by atoms with Crippen LogP contribution < -0.4 is 14.8 Å². The molecule has 0 fully saturated rings. The molecule has 8 heteroatoms. The number of benzene rings is 3. The number of ether oxygens (including phenoxy) is 2. The van der Waals surface area contributed by atoms with E-state index in [-0.39, 0.29) is 0 Å². The van der Waals surface area contributed by atoms with Gasteiger partial charge >= 0.3 is 0 Å². The fourth-order valence-corrected chi connectivity index (χ4v) is 4.38. The topological polar surface area (TPSA) is 69.2 Å². The van der Waals surface area contributed by atoms with Crippen LogP contribution in [0.1, 0.15) is 24.3 Å². The molecule has 0 bridgehead atoms. The minimum atomic E-state index is -0.460. The summed E-state index contributed by atoms with van der Waals surface area (Å²) < 4.78 is 12.0. The maximum atomic E-state index is 6.36. The Balaban J connectivity index is 1.47. The molecule has 3 aromatic carbocycles. The third-order valence-electron chi connectivity index (χ3n) is 5.09. The lowest BCUT2D eigenvalue weighted by Crippen LogP contribution is -2.17. The van der Waals surface area contributed by atoms with Crippen LogP contribution in [0.3, 0.4) is 0 Å². The Bertz CT molecular complexity index is 1270. The second-order valence-electron chi connectivity index (χ2n) is 7.36. The maximum Gasteiger partial charge on any atom is 0.247 e. The Kier molecular flexibility index (Phi) is 6.32. The molecule has 5 rings (SSSR count). The van der Waals surface area contributed by atoms with Gasteiger partial charge in [0.15, 0.2) is 11.9 Å². The van der Waals surface area contributed by atoms with E-state index in [1.165, 1.54) is 11.8 Å². The van der Waals surface area contributed by atoms with Crippen LogP contribution >= 0.6 is 23.4 Å². The van der Waals surface area contributed by atoms with Gasteiger partial charge in [0.2, 0.25) is 11.0 Å². The number of para-hydroxylation sites is 1. The maximum absolute atomic E-state index is 6.36. The lowest BCUT2D eigenvalue weighted by molar-refractivity contribution is 0.224. The van der Waals surface area contributed by atoms with Gasteiger partial charge in [0.05, 0.1) is 6.61 Å². The minimum absolute atomic E-state index is 0.438. The summed E-state index contributed by atoms with van der Waals surface area (Å²) >= 11 is 7.48. The molecule has 1 unspecified atom stereocenters. The lowest BCUT2D eigenvalue weighted by Gasteiger charge is -2.20. The van der Waals surface area contributed by atoms with Gasteiger partial charge < -0.3 is 14.8 Å². The van der Waals surface area contributed by atoms with E-state index >= 15 is 0 Å². The first-order valence-electron chi connectivity index (χ1n) is 10.6. The highest BCUT2D eigenvalue weighted by molar-refractivity contribution is 7.98. The van der Waals surface area contributed by atoms with E-state index in [1.54, 1.807) is 0 Å². The van der Waals surface area contributed by atoms with Gasteiger partial charge in [-0.05, 0) is 42.8 Å². The van der Waals surface area contributed by atoms with E-state index in [4.69, 9.17) is 26.1 Å². The first kappa shape index (κ1) is 21.6. The van der Waals surface area contributed by atoms with Crippen LogP contribution in [0.4, 0.5) is 5.69 Å². The van der Waals surface area contributed by atoms with E-state index < -0.39 is 6.23 Å². The molecule has 0 radical (unpaired) electrons. The van der Waals surface area contributed by atoms with Crippen molar-refractivity contribution in [2.24, 2.45) is 0 Å². The van der Waals surface area contributed by atoms with Crippen molar-refractivity contribution in [2.45, 2.75) is 24.1 Å². The molecule has 0 saturated heterocycles. The zero-order valence-corrected chi connectivity index (χ0v) is 19.4. The van der Waals surface area contributed by atoms with Gasteiger partial charge in [0.1, 0.15) is 5.75 Å². The summed E-state index contributed by atoms with van der Waals surface area (Å²) in [6, 6.07) is 23.5. The van der Waals surface area contributed by atoms with Crippen molar-refractivity contribution in [3.8, 4) is 22.9 Å². The number of rotatable bonds is 6. The molecule has 1 aromatic heterocycles. The Morgan fingerprint density at radius 2 is 1.88 bits per heavy atom. The van der Waals surface area contributed by atoms with Crippen LogP contribution in [0, 0.1) is 0 Å². The van der Waals surface area contributed by atoms with Crippen molar-refractivity contribution >= 4 is 29.1 Å². The molecule has 0 saturated carbocycles. The number of thioether (sulfide) groups is 1. The van der Waals surface area contributed by atoms with Crippen LogP contribution in [0.15, 0.2) is 78.0 Å². The second kappa shape index (κ2) is 9.68. The van der Waals surface area contributed by atoms with Gasteiger partial charge in [-0.1, -0.05) is 65.8 Å². The van der Waals surface area contributed by atoms with Gasteiger partial charge in [0.25, 0.3) is 0 Å². The lowest BCUT2D eigenvalue weighted by atomic mass is 10.1. The highest BCUT2D eigenvalue weighted by Crippen LogP contribution is 2.40. The predicted molar refractivity (Wildman–Crippen MR) is 131 cm³/mol. The summed E-state index contributed by atoms with van der Waals surface area (Å²) in [4.78, 5) is 4.71. The molecule has 4 aromatic rings. The number of anilines is 1. The number of nitrogens with zero attached hydrogens (tertiary/aromatic N) is 3. The SMILES string of the molecule is CCOc1cccc(C2Nc3ccccc3-c3nnc(SCc4ccc(Cl)cc4)nc3O2)c1. The van der Waals surface area contributed by atoms with Crippen molar-refractivity contribution in [1.29, 1.82) is 0 Å². The van der Waals surface area contributed by atoms with Gasteiger partial charge in [0, 0.05) is 27.6 Å². The number of aromatic nitrogens is 3. The van der Waals surface area contributed by atoms with Crippen molar-refractivity contribution < 1.29 is 9.47 Å². The van der Waals surface area contributed by atoms with Crippen molar-refractivity contribution in [2.75, 3.05) is 11.9 Å². The Morgan fingerprint density at radius 1 is 1.03 bits per heavy atom. The Hall–Kier alpha value is -3.29. The van der Waals surface area contributed by atoms with Crippen molar-refractivity contribution in [1.82, 2.24) is 15.2 Å². The first-order valence-corrected chi connectivity index (χ1v) is 11.9. The average molecular weight is 477 g/mol. The van der Waals surface area contributed by atoms with E-state index in [0.717, 1.165) is 28.1 Å². The first-order chi connectivity index (χ1) is 16.2. The van der Waals surface area contributed by atoms with Gasteiger partial charge in [-0.25, -0.2) is 0 Å². The number of fused-ring (bicyclic) bond motifs is 3. The zero-order valence-electron chi connectivity index (χ0n) is 17.9. The summed E-state index contributed by atoms with van der Waals surface area (Å²) in [7, 11) is 0. The van der Waals surface area contributed by atoms with Crippen molar-refractivity contribution in [3.05, 3.63) is 88.9 Å². The molecule has 6 nitrogen and oxygen atoms in total. The molecule has 0 spiro atoms. The molecule has 33 heavy (non-hydrogen) atoms. The smallest absolute Gasteiger partial charge is 0.247 e. The third kappa shape index (κ3) is 4.89. The molecular formula is C25H21ClN4O2S. The molecule has 1 aliphatic rings. The Labute approximate surface area is 201 Å². The van der Waals surface area contributed by atoms with E-state index in [9.17, 15) is 0 Å². The Morgan fingerprint density at radius 3 is 2.73 bits per heavy atom. The molecule has 1 aliphatic heterocycles. The number of halogens is 1. The predicted octanol–water partition coefficient (Wildman–Crippen LogP) is 6.39.